The largest absolute Gasteiger partial charge is 0.356 e. The maximum Gasteiger partial charge on any atom is 0.191 e. The highest BCUT2D eigenvalue weighted by Gasteiger charge is 2.32. The van der Waals surface area contributed by atoms with Crippen LogP contribution in [-0.4, -0.2) is 69.1 Å². The third kappa shape index (κ3) is 6.96. The number of likely N-dealkylation sites (N-methyl/N-ethyl adjacent to an activating group) is 1. The van der Waals surface area contributed by atoms with Crippen molar-refractivity contribution in [1.82, 2.24) is 20.4 Å². The Kier molecular flexibility index (Phi) is 8.39. The summed E-state index contributed by atoms with van der Waals surface area (Å²) in [5, 5.41) is 6.96. The highest BCUT2D eigenvalue weighted by atomic mass is 15.2. The predicted octanol–water partition coefficient (Wildman–Crippen LogP) is 2.40. The fourth-order valence-electron chi connectivity index (χ4n) is 3.32. The number of rotatable bonds is 10. The summed E-state index contributed by atoms with van der Waals surface area (Å²) >= 11 is 0. The molecule has 0 aliphatic heterocycles. The van der Waals surface area contributed by atoms with Crippen LogP contribution in [0.5, 0.6) is 0 Å². The van der Waals surface area contributed by atoms with E-state index < -0.39 is 0 Å². The zero-order valence-corrected chi connectivity index (χ0v) is 17.2. The number of hydrogen-bond donors (Lipinski definition) is 2. The minimum absolute atomic E-state index is 0.516. The highest BCUT2D eigenvalue weighted by molar-refractivity contribution is 5.79. The van der Waals surface area contributed by atoms with E-state index in [9.17, 15) is 0 Å². The van der Waals surface area contributed by atoms with Gasteiger partial charge in [-0.2, -0.15) is 0 Å². The van der Waals surface area contributed by atoms with Gasteiger partial charge in [-0.05, 0) is 58.8 Å². The molecule has 2 rings (SSSR count). The van der Waals surface area contributed by atoms with Gasteiger partial charge in [0.15, 0.2) is 5.96 Å². The average Bonchev–Trinajstić information content (AvgIpc) is 3.45. The molecule has 1 aromatic rings. The van der Waals surface area contributed by atoms with Crippen molar-refractivity contribution in [2.75, 3.05) is 41.3 Å². The summed E-state index contributed by atoms with van der Waals surface area (Å²) in [6, 6.07) is 11.8. The molecule has 0 bridgehead atoms. The van der Waals surface area contributed by atoms with Gasteiger partial charge in [0.05, 0.1) is 0 Å². The first kappa shape index (κ1) is 20.7. The minimum Gasteiger partial charge on any atom is -0.356 e. The molecule has 1 fully saturated rings. The van der Waals surface area contributed by atoms with Crippen molar-refractivity contribution < 1.29 is 0 Å². The number of benzene rings is 1. The quantitative estimate of drug-likeness (QED) is 0.497. The van der Waals surface area contributed by atoms with Crippen LogP contribution >= 0.6 is 0 Å². The number of nitrogens with one attached hydrogen (secondary N) is 2. The molecule has 26 heavy (non-hydrogen) atoms. The Labute approximate surface area is 159 Å². The van der Waals surface area contributed by atoms with E-state index in [1.54, 1.807) is 0 Å². The van der Waals surface area contributed by atoms with Crippen molar-refractivity contribution in [3.05, 3.63) is 35.9 Å². The zero-order valence-electron chi connectivity index (χ0n) is 17.2. The summed E-state index contributed by atoms with van der Waals surface area (Å²) in [4.78, 5) is 9.11. The van der Waals surface area contributed by atoms with E-state index in [1.807, 2.05) is 7.05 Å². The van der Waals surface area contributed by atoms with Crippen LogP contribution in [0.1, 0.15) is 31.7 Å². The molecule has 0 amide bonds. The van der Waals surface area contributed by atoms with Gasteiger partial charge in [-0.3, -0.25) is 9.89 Å². The second-order valence-corrected chi connectivity index (χ2v) is 7.79. The van der Waals surface area contributed by atoms with Crippen molar-refractivity contribution in [1.29, 1.82) is 0 Å². The van der Waals surface area contributed by atoms with Crippen molar-refractivity contribution in [3.63, 3.8) is 0 Å². The third-order valence-electron chi connectivity index (χ3n) is 5.41. The number of hydrogen-bond acceptors (Lipinski definition) is 3. The first-order valence-electron chi connectivity index (χ1n) is 9.86. The molecule has 5 heteroatoms. The Bertz CT molecular complexity index is 537. The first-order chi connectivity index (χ1) is 12.5. The van der Waals surface area contributed by atoms with E-state index in [2.05, 4.69) is 83.8 Å². The van der Waals surface area contributed by atoms with Crippen LogP contribution < -0.4 is 10.6 Å². The van der Waals surface area contributed by atoms with Gasteiger partial charge in [-0.1, -0.05) is 30.3 Å². The van der Waals surface area contributed by atoms with Crippen LogP contribution in [0.15, 0.2) is 35.3 Å². The van der Waals surface area contributed by atoms with E-state index in [0.29, 0.717) is 12.1 Å². The molecular formula is C21H37N5. The Morgan fingerprint density at radius 1 is 1.15 bits per heavy atom. The second kappa shape index (κ2) is 10.5. The van der Waals surface area contributed by atoms with Gasteiger partial charge in [-0.15, -0.1) is 0 Å². The summed E-state index contributed by atoms with van der Waals surface area (Å²) in [6.45, 7) is 5.16. The molecule has 2 N–H and O–H groups in total. The second-order valence-electron chi connectivity index (χ2n) is 7.79. The highest BCUT2D eigenvalue weighted by Crippen LogP contribution is 2.34. The Balaban J connectivity index is 1.67. The SMILES string of the molecule is CN=C(NCCC(C)N(C)Cc1ccccc1)NCC(C1CC1)N(C)C. The van der Waals surface area contributed by atoms with E-state index in [4.69, 9.17) is 0 Å². The van der Waals surface area contributed by atoms with Crippen LogP contribution in [0, 0.1) is 5.92 Å². The Hall–Kier alpha value is -1.59. The van der Waals surface area contributed by atoms with Crippen molar-refractivity contribution >= 4 is 5.96 Å². The molecule has 2 unspecified atom stereocenters. The van der Waals surface area contributed by atoms with E-state index in [1.165, 1.54) is 18.4 Å². The average molecular weight is 360 g/mol. The summed E-state index contributed by atoms with van der Waals surface area (Å²) in [5.41, 5.74) is 1.36. The molecule has 0 radical (unpaired) electrons. The van der Waals surface area contributed by atoms with Gasteiger partial charge in [0.1, 0.15) is 0 Å². The smallest absolute Gasteiger partial charge is 0.191 e. The van der Waals surface area contributed by atoms with Crippen LogP contribution in [0.2, 0.25) is 0 Å². The third-order valence-corrected chi connectivity index (χ3v) is 5.41. The molecule has 1 aliphatic rings. The minimum atomic E-state index is 0.516. The van der Waals surface area contributed by atoms with Gasteiger partial charge in [0, 0.05) is 38.8 Å². The molecule has 1 saturated carbocycles. The van der Waals surface area contributed by atoms with Gasteiger partial charge in [0.2, 0.25) is 0 Å². The van der Waals surface area contributed by atoms with Gasteiger partial charge in [0.25, 0.3) is 0 Å². The maximum absolute atomic E-state index is 4.37. The van der Waals surface area contributed by atoms with Gasteiger partial charge >= 0.3 is 0 Å². The maximum atomic E-state index is 4.37. The molecule has 0 saturated heterocycles. The fourth-order valence-corrected chi connectivity index (χ4v) is 3.32. The lowest BCUT2D eigenvalue weighted by molar-refractivity contribution is 0.238. The number of aliphatic imine (C=N–C) groups is 1. The molecule has 5 nitrogen and oxygen atoms in total. The van der Waals surface area contributed by atoms with Crippen LogP contribution in [0.3, 0.4) is 0 Å². The van der Waals surface area contributed by atoms with E-state index >= 15 is 0 Å². The lowest BCUT2D eigenvalue weighted by Crippen LogP contribution is -2.46. The molecule has 0 heterocycles. The fraction of sp³-hybridized carbons (Fsp3) is 0.667. The number of guanidine groups is 1. The van der Waals surface area contributed by atoms with Gasteiger partial charge < -0.3 is 15.5 Å². The van der Waals surface area contributed by atoms with Crippen molar-refractivity contribution in [3.8, 4) is 0 Å². The molecule has 1 aromatic carbocycles. The summed E-state index contributed by atoms with van der Waals surface area (Å²) < 4.78 is 0. The molecule has 146 valence electrons. The summed E-state index contributed by atoms with van der Waals surface area (Å²) in [7, 11) is 8.39. The van der Waals surface area contributed by atoms with Crippen LogP contribution in [0.4, 0.5) is 0 Å². The first-order valence-corrected chi connectivity index (χ1v) is 9.86. The number of nitrogens with zero attached hydrogens (tertiary/aromatic N) is 3. The lowest BCUT2D eigenvalue weighted by atomic mass is 10.1. The Morgan fingerprint density at radius 2 is 1.85 bits per heavy atom. The summed E-state index contributed by atoms with van der Waals surface area (Å²) in [5.74, 6) is 1.76. The van der Waals surface area contributed by atoms with Crippen molar-refractivity contribution in [2.45, 2.75) is 44.8 Å². The standard InChI is InChI=1S/C21H37N5/c1-17(26(5)16-18-9-7-6-8-10-18)13-14-23-21(22-2)24-15-20(25(3)4)19-11-12-19/h6-10,17,19-20H,11-16H2,1-5H3,(H2,22,23,24). The predicted molar refractivity (Wildman–Crippen MR) is 112 cm³/mol. The monoisotopic (exact) mass is 359 g/mol. The van der Waals surface area contributed by atoms with E-state index in [-0.39, 0.29) is 0 Å². The normalized spacial score (nSPS) is 17.4. The lowest BCUT2D eigenvalue weighted by Gasteiger charge is -2.26. The molecule has 2 atom stereocenters. The van der Waals surface area contributed by atoms with Crippen LogP contribution in [0.25, 0.3) is 0 Å². The summed E-state index contributed by atoms with van der Waals surface area (Å²) in [6.07, 6.45) is 3.81. The molecule has 0 aromatic heterocycles. The Morgan fingerprint density at radius 3 is 2.42 bits per heavy atom. The molecular weight excluding hydrogens is 322 g/mol. The zero-order chi connectivity index (χ0) is 18.9. The van der Waals surface area contributed by atoms with E-state index in [0.717, 1.165) is 37.9 Å². The molecule has 1 aliphatic carbocycles. The van der Waals surface area contributed by atoms with Gasteiger partial charge in [-0.25, -0.2) is 0 Å². The molecule has 0 spiro atoms. The van der Waals surface area contributed by atoms with Crippen molar-refractivity contribution in [2.24, 2.45) is 10.9 Å². The topological polar surface area (TPSA) is 42.9 Å². The van der Waals surface area contributed by atoms with Crippen LogP contribution in [-0.2, 0) is 6.54 Å².